The molecule has 4 nitrogen and oxygen atoms in total. The predicted molar refractivity (Wildman–Crippen MR) is 98.0 cm³/mol. The molecular formula is C19H23FN2O2S. The number of thiophene rings is 1. The van der Waals surface area contributed by atoms with E-state index in [0.717, 1.165) is 21.9 Å². The molecule has 3 rings (SSSR count). The Labute approximate surface area is 151 Å². The van der Waals surface area contributed by atoms with Gasteiger partial charge in [0.15, 0.2) is 0 Å². The average Bonchev–Trinajstić information content (AvgIpc) is 3.08. The molecule has 1 unspecified atom stereocenters. The summed E-state index contributed by atoms with van der Waals surface area (Å²) < 4.78 is 19.0. The third kappa shape index (κ3) is 4.45. The minimum Gasteiger partial charge on any atom is -0.366 e. The number of hydrogen-bond donors (Lipinski definition) is 1. The Morgan fingerprint density at radius 2 is 2.24 bits per heavy atom. The Morgan fingerprint density at radius 3 is 2.92 bits per heavy atom. The predicted octanol–water partition coefficient (Wildman–Crippen LogP) is 3.28. The Kier molecular flexibility index (Phi) is 5.83. The second-order valence-corrected chi connectivity index (χ2v) is 7.57. The van der Waals surface area contributed by atoms with E-state index in [1.165, 1.54) is 12.1 Å². The van der Waals surface area contributed by atoms with Gasteiger partial charge in [-0.05, 0) is 43.7 Å². The number of morpholine rings is 1. The maximum absolute atomic E-state index is 13.4. The highest BCUT2D eigenvalue weighted by molar-refractivity contribution is 7.15. The van der Waals surface area contributed by atoms with Gasteiger partial charge >= 0.3 is 0 Å². The first kappa shape index (κ1) is 18.0. The number of amides is 1. The van der Waals surface area contributed by atoms with Gasteiger partial charge in [0.2, 0.25) is 0 Å². The summed E-state index contributed by atoms with van der Waals surface area (Å²) in [5, 5.41) is 3.20. The van der Waals surface area contributed by atoms with E-state index in [9.17, 15) is 9.18 Å². The fourth-order valence-corrected chi connectivity index (χ4v) is 3.85. The van der Waals surface area contributed by atoms with Crippen LogP contribution in [-0.2, 0) is 16.1 Å². The highest BCUT2D eigenvalue weighted by Crippen LogP contribution is 2.29. The van der Waals surface area contributed by atoms with Crippen molar-refractivity contribution in [1.82, 2.24) is 10.2 Å². The number of carbonyl (C=O) groups is 1. The van der Waals surface area contributed by atoms with E-state index in [1.54, 1.807) is 17.4 Å². The molecule has 1 aromatic carbocycles. The zero-order valence-electron chi connectivity index (χ0n) is 14.5. The van der Waals surface area contributed by atoms with E-state index in [1.807, 2.05) is 36.9 Å². The summed E-state index contributed by atoms with van der Waals surface area (Å²) in [5.41, 5.74) is 0.860. The molecule has 0 radical (unpaired) electrons. The van der Waals surface area contributed by atoms with Gasteiger partial charge in [-0.3, -0.25) is 4.79 Å². The molecule has 0 saturated carbocycles. The third-order valence-electron chi connectivity index (χ3n) is 4.21. The quantitative estimate of drug-likeness (QED) is 0.888. The molecule has 25 heavy (non-hydrogen) atoms. The largest absolute Gasteiger partial charge is 0.366 e. The van der Waals surface area contributed by atoms with Crippen molar-refractivity contribution < 1.29 is 13.9 Å². The van der Waals surface area contributed by atoms with E-state index in [4.69, 9.17) is 4.74 Å². The molecule has 1 N–H and O–H groups in total. The van der Waals surface area contributed by atoms with Gasteiger partial charge in [0, 0.05) is 28.9 Å². The molecule has 0 bridgehead atoms. The average molecular weight is 362 g/mol. The molecule has 0 spiro atoms. The minimum absolute atomic E-state index is 0.0166. The summed E-state index contributed by atoms with van der Waals surface area (Å²) in [4.78, 5) is 16.7. The summed E-state index contributed by atoms with van der Waals surface area (Å²) >= 11 is 1.59. The topological polar surface area (TPSA) is 41.6 Å². The monoisotopic (exact) mass is 362 g/mol. The summed E-state index contributed by atoms with van der Waals surface area (Å²) in [5.74, 6) is -0.226. The summed E-state index contributed by atoms with van der Waals surface area (Å²) in [6.45, 7) is 6.46. The van der Waals surface area contributed by atoms with Gasteiger partial charge in [-0.15, -0.1) is 11.3 Å². The summed E-state index contributed by atoms with van der Waals surface area (Å²) in [6.07, 6.45) is -0.418. The first-order valence-electron chi connectivity index (χ1n) is 8.52. The van der Waals surface area contributed by atoms with Crippen molar-refractivity contribution in [2.24, 2.45) is 0 Å². The van der Waals surface area contributed by atoms with Crippen molar-refractivity contribution in [3.05, 3.63) is 47.1 Å². The van der Waals surface area contributed by atoms with Crippen molar-refractivity contribution in [3.63, 3.8) is 0 Å². The summed E-state index contributed by atoms with van der Waals surface area (Å²) in [6, 6.07) is 10.6. The molecular weight excluding hydrogens is 339 g/mol. The van der Waals surface area contributed by atoms with Crippen LogP contribution in [0.1, 0.15) is 18.7 Å². The lowest BCUT2D eigenvalue weighted by Gasteiger charge is -2.32. The molecule has 1 fully saturated rings. The molecule has 1 aliphatic heterocycles. The van der Waals surface area contributed by atoms with Crippen molar-refractivity contribution >= 4 is 17.2 Å². The fourth-order valence-electron chi connectivity index (χ4n) is 2.85. The first-order chi connectivity index (χ1) is 12.0. The van der Waals surface area contributed by atoms with E-state index in [0.29, 0.717) is 19.7 Å². The van der Waals surface area contributed by atoms with E-state index in [2.05, 4.69) is 5.32 Å². The Balaban J connectivity index is 1.73. The number of nitrogens with one attached hydrogen (secondary N) is 1. The number of ether oxygens (including phenoxy) is 1. The van der Waals surface area contributed by atoms with Gasteiger partial charge in [0.1, 0.15) is 11.9 Å². The van der Waals surface area contributed by atoms with E-state index < -0.39 is 6.10 Å². The second-order valence-electron chi connectivity index (χ2n) is 6.40. The molecule has 1 atom stereocenters. The molecule has 1 aromatic heterocycles. The van der Waals surface area contributed by atoms with Crippen LogP contribution in [0.25, 0.3) is 10.4 Å². The number of nitrogens with zero attached hydrogens (tertiary/aromatic N) is 1. The van der Waals surface area contributed by atoms with Gasteiger partial charge in [-0.25, -0.2) is 4.39 Å². The molecule has 2 heterocycles. The normalized spacial score (nSPS) is 17.7. The molecule has 2 aromatic rings. The smallest absolute Gasteiger partial charge is 0.253 e. The molecule has 0 aliphatic carbocycles. The zero-order valence-corrected chi connectivity index (χ0v) is 15.3. The molecule has 1 aliphatic rings. The van der Waals surface area contributed by atoms with Crippen LogP contribution in [0.5, 0.6) is 0 Å². The maximum atomic E-state index is 13.4. The minimum atomic E-state index is -0.418. The highest BCUT2D eigenvalue weighted by Gasteiger charge is 2.28. The van der Waals surface area contributed by atoms with Gasteiger partial charge in [0.25, 0.3) is 5.91 Å². The maximum Gasteiger partial charge on any atom is 0.253 e. The van der Waals surface area contributed by atoms with Crippen molar-refractivity contribution in [3.8, 4) is 10.4 Å². The van der Waals surface area contributed by atoms with Crippen molar-refractivity contribution in [2.45, 2.75) is 32.5 Å². The number of halogens is 1. The first-order valence-corrected chi connectivity index (χ1v) is 9.33. The molecule has 1 amide bonds. The van der Waals surface area contributed by atoms with Crippen LogP contribution in [0.4, 0.5) is 4.39 Å². The SMILES string of the molecule is CC(C)N(Cc1ccc(-c2cccc(F)c2)s1)C(=O)C1CNCCO1. The van der Waals surface area contributed by atoms with Gasteiger partial charge in [-0.1, -0.05) is 12.1 Å². The van der Waals surface area contributed by atoms with Crippen LogP contribution in [-0.4, -0.2) is 42.6 Å². The van der Waals surface area contributed by atoms with Gasteiger partial charge < -0.3 is 15.0 Å². The van der Waals surface area contributed by atoms with Gasteiger partial charge in [0.05, 0.1) is 13.2 Å². The Morgan fingerprint density at radius 1 is 1.40 bits per heavy atom. The van der Waals surface area contributed by atoms with Gasteiger partial charge in [-0.2, -0.15) is 0 Å². The zero-order chi connectivity index (χ0) is 17.8. The molecule has 134 valence electrons. The van der Waals surface area contributed by atoms with Crippen LogP contribution in [0.3, 0.4) is 0 Å². The number of benzene rings is 1. The van der Waals surface area contributed by atoms with Crippen LogP contribution in [0.2, 0.25) is 0 Å². The van der Waals surface area contributed by atoms with Crippen LogP contribution < -0.4 is 5.32 Å². The van der Waals surface area contributed by atoms with Crippen molar-refractivity contribution in [2.75, 3.05) is 19.7 Å². The second kappa shape index (κ2) is 8.08. The van der Waals surface area contributed by atoms with Crippen LogP contribution in [0.15, 0.2) is 36.4 Å². The summed E-state index contributed by atoms with van der Waals surface area (Å²) in [7, 11) is 0. The Bertz CT molecular complexity index is 726. The lowest BCUT2D eigenvalue weighted by Crippen LogP contribution is -2.50. The third-order valence-corrected chi connectivity index (χ3v) is 5.33. The number of carbonyl (C=O) groups excluding carboxylic acids is 1. The Hall–Kier alpha value is -1.76. The number of rotatable bonds is 5. The standard InChI is InChI=1S/C19H23FN2O2S/c1-13(2)22(19(23)17-11-21-8-9-24-17)12-16-6-7-18(25-16)14-4-3-5-15(20)10-14/h3-7,10,13,17,21H,8-9,11-12H2,1-2H3. The lowest BCUT2D eigenvalue weighted by molar-refractivity contribution is -0.147. The van der Waals surface area contributed by atoms with E-state index >= 15 is 0 Å². The van der Waals surface area contributed by atoms with E-state index in [-0.39, 0.29) is 17.8 Å². The van der Waals surface area contributed by atoms with Crippen LogP contribution >= 0.6 is 11.3 Å². The van der Waals surface area contributed by atoms with Crippen molar-refractivity contribution in [1.29, 1.82) is 0 Å². The highest BCUT2D eigenvalue weighted by atomic mass is 32.1. The number of hydrogen-bond acceptors (Lipinski definition) is 4. The van der Waals surface area contributed by atoms with Crippen LogP contribution in [0, 0.1) is 5.82 Å². The molecule has 1 saturated heterocycles. The fraction of sp³-hybridized carbons (Fsp3) is 0.421. The molecule has 6 heteroatoms. The lowest BCUT2D eigenvalue weighted by atomic mass is 10.2.